The van der Waals surface area contributed by atoms with Gasteiger partial charge in [-0.3, -0.25) is 5.10 Å². The van der Waals surface area contributed by atoms with E-state index in [2.05, 4.69) is 26.2 Å². The number of aromatic nitrogens is 4. The topological polar surface area (TPSA) is 102 Å². The normalized spacial score (nSPS) is 22.2. The molecule has 0 amide bonds. The summed E-state index contributed by atoms with van der Waals surface area (Å²) in [6, 6.07) is 8.82. The molecule has 1 aliphatic rings. The van der Waals surface area contributed by atoms with Gasteiger partial charge < -0.3 is 10.0 Å². The van der Waals surface area contributed by atoms with Crippen molar-refractivity contribution >= 4 is 16.9 Å². The maximum Gasteiger partial charge on any atom is 0.181 e. The van der Waals surface area contributed by atoms with E-state index in [0.717, 1.165) is 0 Å². The molecule has 2 N–H and O–H groups in total. The lowest BCUT2D eigenvalue weighted by Gasteiger charge is -2.43. The van der Waals surface area contributed by atoms with Crippen molar-refractivity contribution in [1.82, 2.24) is 20.2 Å². The largest absolute Gasteiger partial charge is 0.387 e. The zero-order chi connectivity index (χ0) is 20.6. The number of aliphatic hydroxyl groups is 1. The molecule has 7 nitrogen and oxygen atoms in total. The number of piperidine rings is 1. The Kier molecular flexibility index (Phi) is 4.92. The summed E-state index contributed by atoms with van der Waals surface area (Å²) < 4.78 is 14.6. The maximum absolute atomic E-state index is 14.6. The number of anilines is 1. The van der Waals surface area contributed by atoms with Crippen molar-refractivity contribution in [2.75, 3.05) is 18.0 Å². The summed E-state index contributed by atoms with van der Waals surface area (Å²) in [6.07, 6.45) is 2.68. The maximum atomic E-state index is 14.6. The number of hydrogen-bond acceptors (Lipinski definition) is 6. The van der Waals surface area contributed by atoms with E-state index in [4.69, 9.17) is 0 Å². The second-order valence-corrected chi connectivity index (χ2v) is 8.07. The number of hydrogen-bond donors (Lipinski definition) is 2. The number of rotatable bonds is 4. The van der Waals surface area contributed by atoms with Gasteiger partial charge in [0, 0.05) is 26.1 Å². The standard InChI is InChI=1S/C21H23FN6O.H2/c1-13(2)10-21(29)12-28(9-7-14(21)11-23)17-6-5-16(22)19(25-17)18-15-4-3-8-24-20(15)27-26-18;/h3-6,8,13-14,29H,7,9-10,12H2,1-2H3,(H,24,26,27);1H. The highest BCUT2D eigenvalue weighted by molar-refractivity contribution is 5.89. The number of pyridine rings is 2. The Balaban J connectivity index is 0.00000256. The molecular weight excluding hydrogens is 371 g/mol. The summed E-state index contributed by atoms with van der Waals surface area (Å²) in [5.74, 6) is -0.0841. The Hall–Kier alpha value is -3.05. The third kappa shape index (κ3) is 3.54. The first-order valence-corrected chi connectivity index (χ1v) is 9.74. The highest BCUT2D eigenvalue weighted by atomic mass is 19.1. The lowest BCUT2D eigenvalue weighted by atomic mass is 9.77. The third-order valence-electron chi connectivity index (χ3n) is 5.44. The van der Waals surface area contributed by atoms with E-state index in [0.29, 0.717) is 41.9 Å². The van der Waals surface area contributed by atoms with E-state index in [1.165, 1.54) is 6.07 Å². The van der Waals surface area contributed by atoms with Crippen LogP contribution in [-0.2, 0) is 0 Å². The van der Waals surface area contributed by atoms with E-state index in [1.807, 2.05) is 24.8 Å². The molecule has 2 unspecified atom stereocenters. The molecule has 152 valence electrons. The highest BCUT2D eigenvalue weighted by Crippen LogP contribution is 2.35. The van der Waals surface area contributed by atoms with Crippen LogP contribution in [0.2, 0.25) is 0 Å². The van der Waals surface area contributed by atoms with E-state index in [-0.39, 0.29) is 19.6 Å². The molecule has 2 atom stereocenters. The number of halogens is 1. The molecule has 0 radical (unpaired) electrons. The molecule has 4 heterocycles. The number of β-amino-alcohol motifs (C(OH)–C–C–N with tert-alkyl or cyclic N) is 1. The van der Waals surface area contributed by atoms with Gasteiger partial charge in [0.05, 0.1) is 23.3 Å². The SMILES string of the molecule is CC(C)CC1(O)CN(c2ccc(F)c(-c3[nH]nc4ncccc34)n2)CCC1C#N.[HH]. The summed E-state index contributed by atoms with van der Waals surface area (Å²) >= 11 is 0. The molecule has 1 saturated heterocycles. The van der Waals surface area contributed by atoms with Crippen LogP contribution in [0.3, 0.4) is 0 Å². The average Bonchev–Trinajstić information content (AvgIpc) is 3.11. The lowest BCUT2D eigenvalue weighted by molar-refractivity contribution is -0.0228. The summed E-state index contributed by atoms with van der Waals surface area (Å²) in [6.45, 7) is 4.91. The molecule has 1 fully saturated rings. The van der Waals surface area contributed by atoms with Crippen LogP contribution in [0.4, 0.5) is 10.2 Å². The zero-order valence-corrected chi connectivity index (χ0v) is 16.4. The quantitative estimate of drug-likeness (QED) is 0.699. The van der Waals surface area contributed by atoms with Crippen LogP contribution in [0, 0.1) is 29.0 Å². The molecule has 1 aliphatic heterocycles. The summed E-state index contributed by atoms with van der Waals surface area (Å²) in [5, 5.41) is 28.3. The summed E-state index contributed by atoms with van der Waals surface area (Å²) in [4.78, 5) is 10.6. The predicted octanol–water partition coefficient (Wildman–Crippen LogP) is 3.53. The fraction of sp³-hybridized carbons (Fsp3) is 0.429. The molecular formula is C21H25FN6O. The Labute approximate surface area is 169 Å². The van der Waals surface area contributed by atoms with E-state index in [1.54, 1.807) is 18.3 Å². The van der Waals surface area contributed by atoms with Gasteiger partial charge in [-0.05, 0) is 43.0 Å². The lowest BCUT2D eigenvalue weighted by Crippen LogP contribution is -2.54. The van der Waals surface area contributed by atoms with Crippen molar-refractivity contribution in [3.8, 4) is 17.5 Å². The number of fused-ring (bicyclic) bond motifs is 1. The fourth-order valence-corrected chi connectivity index (χ4v) is 4.18. The fourth-order valence-electron chi connectivity index (χ4n) is 4.18. The smallest absolute Gasteiger partial charge is 0.181 e. The third-order valence-corrected chi connectivity index (χ3v) is 5.44. The zero-order valence-electron chi connectivity index (χ0n) is 16.4. The van der Waals surface area contributed by atoms with E-state index in [9.17, 15) is 14.8 Å². The van der Waals surface area contributed by atoms with Crippen molar-refractivity contribution in [2.45, 2.75) is 32.3 Å². The average molecular weight is 396 g/mol. The van der Waals surface area contributed by atoms with Gasteiger partial charge >= 0.3 is 0 Å². The van der Waals surface area contributed by atoms with Crippen LogP contribution < -0.4 is 4.90 Å². The molecule has 3 aromatic heterocycles. The van der Waals surface area contributed by atoms with E-state index < -0.39 is 17.3 Å². The van der Waals surface area contributed by atoms with Gasteiger partial charge in [0.15, 0.2) is 11.5 Å². The predicted molar refractivity (Wildman–Crippen MR) is 110 cm³/mol. The second-order valence-electron chi connectivity index (χ2n) is 8.07. The van der Waals surface area contributed by atoms with Gasteiger partial charge in [-0.1, -0.05) is 13.8 Å². The number of nitrogens with one attached hydrogen (secondary N) is 1. The van der Waals surface area contributed by atoms with Crippen LogP contribution in [0.15, 0.2) is 30.5 Å². The first kappa shape index (κ1) is 19.3. The van der Waals surface area contributed by atoms with Gasteiger partial charge in [-0.15, -0.1) is 0 Å². The van der Waals surface area contributed by atoms with Crippen molar-refractivity contribution in [3.63, 3.8) is 0 Å². The molecule has 0 bridgehead atoms. The van der Waals surface area contributed by atoms with Crippen molar-refractivity contribution in [3.05, 3.63) is 36.3 Å². The Morgan fingerprint density at radius 2 is 2.28 bits per heavy atom. The number of aromatic amines is 1. The minimum Gasteiger partial charge on any atom is -0.387 e. The summed E-state index contributed by atoms with van der Waals surface area (Å²) in [5.41, 5.74) is 0.00185. The molecule has 3 aromatic rings. The molecule has 0 spiro atoms. The molecule has 4 rings (SSSR count). The Morgan fingerprint density at radius 3 is 3.03 bits per heavy atom. The Morgan fingerprint density at radius 1 is 1.45 bits per heavy atom. The molecule has 0 aromatic carbocycles. The van der Waals surface area contributed by atoms with Crippen LogP contribution in [0.5, 0.6) is 0 Å². The van der Waals surface area contributed by atoms with Crippen LogP contribution in [0.25, 0.3) is 22.4 Å². The number of nitrogens with zero attached hydrogens (tertiary/aromatic N) is 5. The molecule has 0 aliphatic carbocycles. The molecule has 0 saturated carbocycles. The first-order chi connectivity index (χ1) is 13.9. The van der Waals surface area contributed by atoms with E-state index >= 15 is 0 Å². The summed E-state index contributed by atoms with van der Waals surface area (Å²) in [7, 11) is 0. The van der Waals surface area contributed by atoms with Crippen LogP contribution >= 0.6 is 0 Å². The van der Waals surface area contributed by atoms with Crippen LogP contribution in [-0.4, -0.2) is 44.0 Å². The number of H-pyrrole nitrogens is 1. The Bertz CT molecular complexity index is 1080. The van der Waals surface area contributed by atoms with Gasteiger partial charge in [0.2, 0.25) is 0 Å². The second kappa shape index (κ2) is 7.41. The molecule has 29 heavy (non-hydrogen) atoms. The van der Waals surface area contributed by atoms with Crippen molar-refractivity contribution in [1.29, 1.82) is 5.26 Å². The van der Waals surface area contributed by atoms with Gasteiger partial charge in [0.1, 0.15) is 11.5 Å². The van der Waals surface area contributed by atoms with Crippen molar-refractivity contribution < 1.29 is 10.9 Å². The first-order valence-electron chi connectivity index (χ1n) is 9.74. The number of nitriles is 1. The van der Waals surface area contributed by atoms with Gasteiger partial charge in [-0.25, -0.2) is 14.4 Å². The minimum atomic E-state index is -1.12. The van der Waals surface area contributed by atoms with Gasteiger partial charge in [-0.2, -0.15) is 10.4 Å². The minimum absolute atomic E-state index is 0. The van der Waals surface area contributed by atoms with Gasteiger partial charge in [0.25, 0.3) is 0 Å². The highest BCUT2D eigenvalue weighted by Gasteiger charge is 2.43. The monoisotopic (exact) mass is 396 g/mol. The molecule has 8 heteroatoms. The van der Waals surface area contributed by atoms with Crippen LogP contribution in [0.1, 0.15) is 28.1 Å². The van der Waals surface area contributed by atoms with Crippen molar-refractivity contribution in [2.24, 2.45) is 11.8 Å².